The first-order valence-corrected chi connectivity index (χ1v) is 6.27. The Balaban J connectivity index is 2.35. The molecule has 1 aromatic carbocycles. The molecule has 98 valence electrons. The minimum absolute atomic E-state index is 0.284. The van der Waals surface area contributed by atoms with Crippen LogP contribution in [0.3, 0.4) is 0 Å². The molecule has 1 unspecified atom stereocenters. The molecule has 0 saturated heterocycles. The summed E-state index contributed by atoms with van der Waals surface area (Å²) in [5, 5.41) is 0. The van der Waals surface area contributed by atoms with E-state index in [0.29, 0.717) is 19.6 Å². The van der Waals surface area contributed by atoms with Crippen molar-refractivity contribution in [3.63, 3.8) is 0 Å². The highest BCUT2D eigenvalue weighted by molar-refractivity contribution is 5.74. The van der Waals surface area contributed by atoms with Crippen LogP contribution in [0.5, 0.6) is 0 Å². The molecule has 1 atom stereocenters. The van der Waals surface area contributed by atoms with Gasteiger partial charge in [0.25, 0.3) is 0 Å². The zero-order valence-corrected chi connectivity index (χ0v) is 11.0. The number of ether oxygens (including phenoxy) is 2. The fourth-order valence-electron chi connectivity index (χ4n) is 1.51. The van der Waals surface area contributed by atoms with Crippen LogP contribution in [0.1, 0.15) is 25.8 Å². The van der Waals surface area contributed by atoms with Crippen LogP contribution in [0, 0.1) is 0 Å². The summed E-state index contributed by atoms with van der Waals surface area (Å²) in [6.07, 6.45) is 4.03. The first-order chi connectivity index (χ1) is 8.77. The average Bonchev–Trinajstić information content (AvgIpc) is 2.40. The molecule has 0 heterocycles. The molecule has 0 aliphatic carbocycles. The van der Waals surface area contributed by atoms with E-state index in [4.69, 9.17) is 9.47 Å². The van der Waals surface area contributed by atoms with Crippen LogP contribution in [0.4, 0.5) is 0 Å². The Morgan fingerprint density at radius 3 is 2.61 bits per heavy atom. The standard InChI is InChI=1S/C15H20O3/c1-3-14(15(16)17-4-2)18-12-8-11-13-9-6-5-7-10-13/h5-11,14H,3-4,12H2,1-2H3. The van der Waals surface area contributed by atoms with E-state index in [1.165, 1.54) is 0 Å². The van der Waals surface area contributed by atoms with Gasteiger partial charge in [-0.25, -0.2) is 4.79 Å². The van der Waals surface area contributed by atoms with Crippen molar-refractivity contribution in [3.8, 4) is 0 Å². The van der Waals surface area contributed by atoms with Gasteiger partial charge in [0, 0.05) is 0 Å². The molecular formula is C15H20O3. The Bertz CT molecular complexity index is 371. The van der Waals surface area contributed by atoms with Crippen molar-refractivity contribution in [1.82, 2.24) is 0 Å². The molecule has 0 aliphatic heterocycles. The molecular weight excluding hydrogens is 228 g/mol. The van der Waals surface area contributed by atoms with E-state index in [2.05, 4.69) is 0 Å². The monoisotopic (exact) mass is 248 g/mol. The second kappa shape index (κ2) is 8.48. The van der Waals surface area contributed by atoms with Crippen molar-refractivity contribution in [2.75, 3.05) is 13.2 Å². The Hall–Kier alpha value is -1.61. The van der Waals surface area contributed by atoms with Gasteiger partial charge in [0.2, 0.25) is 0 Å². The second-order valence-corrected chi connectivity index (χ2v) is 3.80. The van der Waals surface area contributed by atoms with Crippen molar-refractivity contribution in [2.24, 2.45) is 0 Å². The molecule has 0 aromatic heterocycles. The van der Waals surface area contributed by atoms with E-state index >= 15 is 0 Å². The Morgan fingerprint density at radius 1 is 1.28 bits per heavy atom. The average molecular weight is 248 g/mol. The van der Waals surface area contributed by atoms with Crippen LogP contribution < -0.4 is 0 Å². The van der Waals surface area contributed by atoms with Crippen molar-refractivity contribution < 1.29 is 14.3 Å². The molecule has 1 rings (SSSR count). The minimum Gasteiger partial charge on any atom is -0.464 e. The van der Waals surface area contributed by atoms with Gasteiger partial charge < -0.3 is 9.47 Å². The fourth-order valence-corrected chi connectivity index (χ4v) is 1.51. The molecule has 3 heteroatoms. The van der Waals surface area contributed by atoms with Crippen molar-refractivity contribution in [1.29, 1.82) is 0 Å². The molecule has 18 heavy (non-hydrogen) atoms. The SMILES string of the molecule is CCOC(=O)C(CC)OCC=Cc1ccccc1. The summed E-state index contributed by atoms with van der Waals surface area (Å²) in [4.78, 5) is 11.5. The number of hydrogen-bond donors (Lipinski definition) is 0. The summed E-state index contributed by atoms with van der Waals surface area (Å²) in [5.74, 6) is -0.284. The first-order valence-electron chi connectivity index (χ1n) is 6.27. The highest BCUT2D eigenvalue weighted by Gasteiger charge is 2.17. The molecule has 0 spiro atoms. The number of benzene rings is 1. The maximum atomic E-state index is 11.5. The lowest BCUT2D eigenvalue weighted by atomic mass is 10.2. The molecule has 0 bridgehead atoms. The van der Waals surface area contributed by atoms with Crippen LogP contribution >= 0.6 is 0 Å². The number of carbonyl (C=O) groups excluding carboxylic acids is 1. The van der Waals surface area contributed by atoms with E-state index < -0.39 is 6.10 Å². The number of rotatable bonds is 7. The molecule has 3 nitrogen and oxygen atoms in total. The quantitative estimate of drug-likeness (QED) is 0.696. The summed E-state index contributed by atoms with van der Waals surface area (Å²) in [6.45, 7) is 4.49. The van der Waals surface area contributed by atoms with Gasteiger partial charge in [-0.2, -0.15) is 0 Å². The Kier molecular flexibility index (Phi) is 6.81. The number of carbonyl (C=O) groups is 1. The zero-order chi connectivity index (χ0) is 13.2. The molecule has 0 fully saturated rings. The molecule has 1 aromatic rings. The number of hydrogen-bond acceptors (Lipinski definition) is 3. The second-order valence-electron chi connectivity index (χ2n) is 3.80. The summed E-state index contributed by atoms with van der Waals surface area (Å²) in [6, 6.07) is 9.96. The predicted octanol–water partition coefficient (Wildman–Crippen LogP) is 3.06. The fraction of sp³-hybridized carbons (Fsp3) is 0.400. The third-order valence-electron chi connectivity index (χ3n) is 2.42. The van der Waals surface area contributed by atoms with E-state index in [0.717, 1.165) is 5.56 Å². The van der Waals surface area contributed by atoms with Gasteiger partial charge in [0.05, 0.1) is 13.2 Å². The van der Waals surface area contributed by atoms with Gasteiger partial charge in [0.1, 0.15) is 0 Å². The van der Waals surface area contributed by atoms with Gasteiger partial charge in [-0.3, -0.25) is 0 Å². The van der Waals surface area contributed by atoms with Crippen LogP contribution in [0.2, 0.25) is 0 Å². The minimum atomic E-state index is -0.467. The molecule has 0 N–H and O–H groups in total. The van der Waals surface area contributed by atoms with Crippen LogP contribution in [0.15, 0.2) is 36.4 Å². The van der Waals surface area contributed by atoms with Gasteiger partial charge in [-0.15, -0.1) is 0 Å². The van der Waals surface area contributed by atoms with Gasteiger partial charge >= 0.3 is 5.97 Å². The summed E-state index contributed by atoms with van der Waals surface area (Å²) in [7, 11) is 0. The Labute approximate surface area is 108 Å². The highest BCUT2D eigenvalue weighted by atomic mass is 16.6. The van der Waals surface area contributed by atoms with Gasteiger partial charge in [-0.1, -0.05) is 49.4 Å². The van der Waals surface area contributed by atoms with Crippen LogP contribution in [-0.2, 0) is 14.3 Å². The van der Waals surface area contributed by atoms with E-state index in [1.54, 1.807) is 6.92 Å². The summed E-state index contributed by atoms with van der Waals surface area (Å²) in [5.41, 5.74) is 1.12. The molecule has 0 aliphatic rings. The smallest absolute Gasteiger partial charge is 0.335 e. The van der Waals surface area contributed by atoms with E-state index in [1.807, 2.05) is 49.4 Å². The Morgan fingerprint density at radius 2 is 2.00 bits per heavy atom. The largest absolute Gasteiger partial charge is 0.464 e. The van der Waals surface area contributed by atoms with Crippen molar-refractivity contribution in [2.45, 2.75) is 26.4 Å². The number of esters is 1. The lowest BCUT2D eigenvalue weighted by Gasteiger charge is -2.12. The normalized spacial score (nSPS) is 12.6. The van der Waals surface area contributed by atoms with Crippen LogP contribution in [-0.4, -0.2) is 25.3 Å². The van der Waals surface area contributed by atoms with Crippen molar-refractivity contribution >= 4 is 12.0 Å². The molecule has 0 saturated carbocycles. The third-order valence-corrected chi connectivity index (χ3v) is 2.42. The third kappa shape index (κ3) is 5.15. The highest BCUT2D eigenvalue weighted by Crippen LogP contribution is 2.04. The maximum absolute atomic E-state index is 11.5. The van der Waals surface area contributed by atoms with E-state index in [9.17, 15) is 4.79 Å². The topological polar surface area (TPSA) is 35.5 Å². The van der Waals surface area contributed by atoms with Gasteiger partial charge in [-0.05, 0) is 18.9 Å². The molecule has 0 amide bonds. The lowest BCUT2D eigenvalue weighted by molar-refractivity contribution is -0.156. The predicted molar refractivity (Wildman–Crippen MR) is 72.1 cm³/mol. The van der Waals surface area contributed by atoms with E-state index in [-0.39, 0.29) is 5.97 Å². The first kappa shape index (κ1) is 14.5. The molecule has 0 radical (unpaired) electrons. The van der Waals surface area contributed by atoms with Gasteiger partial charge in [0.15, 0.2) is 6.10 Å². The summed E-state index contributed by atoms with van der Waals surface area (Å²) < 4.78 is 10.4. The zero-order valence-electron chi connectivity index (χ0n) is 11.0. The van der Waals surface area contributed by atoms with Crippen molar-refractivity contribution in [3.05, 3.63) is 42.0 Å². The summed E-state index contributed by atoms with van der Waals surface area (Å²) >= 11 is 0. The maximum Gasteiger partial charge on any atom is 0.335 e. The van der Waals surface area contributed by atoms with Crippen LogP contribution in [0.25, 0.3) is 6.08 Å². The lowest BCUT2D eigenvalue weighted by Crippen LogP contribution is -2.25.